The molecule has 20 heavy (non-hydrogen) atoms. The summed E-state index contributed by atoms with van der Waals surface area (Å²) in [7, 11) is 0. The third-order valence-corrected chi connectivity index (χ3v) is 2.81. The van der Waals surface area contributed by atoms with Gasteiger partial charge in [0.15, 0.2) is 5.84 Å². The number of hydrogen-bond acceptors (Lipinski definition) is 5. The molecule has 6 heteroatoms. The molecule has 0 aromatic carbocycles. The quantitative estimate of drug-likeness (QED) is 0.372. The van der Waals surface area contributed by atoms with Gasteiger partial charge in [-0.05, 0) is 30.7 Å². The Labute approximate surface area is 116 Å². The Morgan fingerprint density at radius 2 is 2.15 bits per heavy atom. The van der Waals surface area contributed by atoms with Gasteiger partial charge in [0, 0.05) is 24.5 Å². The summed E-state index contributed by atoms with van der Waals surface area (Å²) in [4.78, 5) is 8.34. The molecule has 0 unspecified atom stereocenters. The molecule has 0 aliphatic rings. The summed E-state index contributed by atoms with van der Waals surface area (Å²) in [6.45, 7) is 2.26. The van der Waals surface area contributed by atoms with Crippen LogP contribution in [0.5, 0.6) is 5.88 Å². The molecule has 0 amide bonds. The van der Waals surface area contributed by atoms with E-state index in [2.05, 4.69) is 15.1 Å². The van der Waals surface area contributed by atoms with Crippen LogP contribution in [0.4, 0.5) is 0 Å². The number of aromatic nitrogens is 2. The van der Waals surface area contributed by atoms with Gasteiger partial charge in [-0.3, -0.25) is 4.98 Å². The molecule has 2 heterocycles. The highest BCUT2D eigenvalue weighted by molar-refractivity contribution is 6.00. The van der Waals surface area contributed by atoms with Gasteiger partial charge >= 0.3 is 0 Å². The van der Waals surface area contributed by atoms with E-state index in [1.54, 1.807) is 18.5 Å². The van der Waals surface area contributed by atoms with Gasteiger partial charge < -0.3 is 15.7 Å². The van der Waals surface area contributed by atoms with E-state index in [4.69, 9.17) is 15.7 Å². The lowest BCUT2D eigenvalue weighted by Gasteiger charge is -2.11. The molecule has 0 aliphatic carbocycles. The van der Waals surface area contributed by atoms with E-state index >= 15 is 0 Å². The fourth-order valence-electron chi connectivity index (χ4n) is 1.80. The lowest BCUT2D eigenvalue weighted by atomic mass is 10.1. The molecule has 2 aromatic heterocycles. The molecular formula is C14H16N4O2. The molecule has 0 aliphatic heterocycles. The van der Waals surface area contributed by atoms with Crippen molar-refractivity contribution < 1.29 is 9.94 Å². The van der Waals surface area contributed by atoms with E-state index < -0.39 is 0 Å². The summed E-state index contributed by atoms with van der Waals surface area (Å²) >= 11 is 0. The molecule has 104 valence electrons. The Morgan fingerprint density at radius 1 is 1.30 bits per heavy atom. The van der Waals surface area contributed by atoms with Crippen molar-refractivity contribution in [1.82, 2.24) is 9.97 Å². The Hall–Kier alpha value is -2.63. The van der Waals surface area contributed by atoms with Crippen molar-refractivity contribution in [3.8, 4) is 5.88 Å². The van der Waals surface area contributed by atoms with Crippen LogP contribution < -0.4 is 10.5 Å². The van der Waals surface area contributed by atoms with Gasteiger partial charge in [0.25, 0.3) is 0 Å². The van der Waals surface area contributed by atoms with Gasteiger partial charge in [0.2, 0.25) is 5.88 Å². The molecule has 3 N–H and O–H groups in total. The van der Waals surface area contributed by atoms with E-state index in [0.717, 1.165) is 11.3 Å². The second-order valence-electron chi connectivity index (χ2n) is 4.21. The monoisotopic (exact) mass is 272 g/mol. The number of nitrogens with two attached hydrogens (primary N) is 1. The highest BCUT2D eigenvalue weighted by atomic mass is 16.5. The molecule has 0 atom stereocenters. The molecule has 2 aromatic rings. The standard InChI is InChI=1S/C14H16N4O2/c1-10-5-8-17-14(12(10)13(15)18-19)20-9-6-11-4-2-3-7-16-11/h2-5,7-8,19H,6,9H2,1H3,(H2,15,18). The minimum atomic E-state index is -0.0107. The van der Waals surface area contributed by atoms with Crippen LogP contribution in [-0.2, 0) is 6.42 Å². The number of rotatable bonds is 5. The number of amidine groups is 1. The third-order valence-electron chi connectivity index (χ3n) is 2.81. The van der Waals surface area contributed by atoms with Crippen LogP contribution in [0.25, 0.3) is 0 Å². The highest BCUT2D eigenvalue weighted by Crippen LogP contribution is 2.18. The Morgan fingerprint density at radius 3 is 2.85 bits per heavy atom. The van der Waals surface area contributed by atoms with Crippen LogP contribution in [0.2, 0.25) is 0 Å². The first-order valence-electron chi connectivity index (χ1n) is 6.18. The van der Waals surface area contributed by atoms with Crippen LogP contribution in [0.1, 0.15) is 16.8 Å². The van der Waals surface area contributed by atoms with Crippen molar-refractivity contribution in [2.24, 2.45) is 10.9 Å². The average molecular weight is 272 g/mol. The summed E-state index contributed by atoms with van der Waals surface area (Å²) in [6, 6.07) is 7.49. The summed E-state index contributed by atoms with van der Waals surface area (Å²) in [5, 5.41) is 11.8. The van der Waals surface area contributed by atoms with E-state index in [0.29, 0.717) is 24.5 Å². The first-order chi connectivity index (χ1) is 9.72. The van der Waals surface area contributed by atoms with Crippen molar-refractivity contribution in [3.05, 3.63) is 53.5 Å². The largest absolute Gasteiger partial charge is 0.477 e. The summed E-state index contributed by atoms with van der Waals surface area (Å²) < 4.78 is 5.62. The topological polar surface area (TPSA) is 93.6 Å². The summed E-state index contributed by atoms with van der Waals surface area (Å²) in [5.74, 6) is 0.347. The fourth-order valence-corrected chi connectivity index (χ4v) is 1.80. The molecule has 0 fully saturated rings. The molecule has 0 saturated heterocycles. The lowest BCUT2D eigenvalue weighted by Crippen LogP contribution is -2.18. The predicted octanol–water partition coefficient (Wildman–Crippen LogP) is 1.50. The molecule has 0 bridgehead atoms. The fraction of sp³-hybridized carbons (Fsp3) is 0.214. The van der Waals surface area contributed by atoms with Gasteiger partial charge in [-0.2, -0.15) is 0 Å². The Kier molecular flexibility index (Phi) is 4.49. The van der Waals surface area contributed by atoms with Crippen LogP contribution in [-0.4, -0.2) is 27.6 Å². The van der Waals surface area contributed by atoms with Crippen molar-refractivity contribution in [1.29, 1.82) is 0 Å². The maximum absolute atomic E-state index is 8.81. The van der Waals surface area contributed by atoms with Crippen molar-refractivity contribution in [2.75, 3.05) is 6.61 Å². The van der Waals surface area contributed by atoms with Crippen molar-refractivity contribution >= 4 is 5.84 Å². The van der Waals surface area contributed by atoms with Crippen LogP contribution in [0, 0.1) is 6.92 Å². The second-order valence-corrected chi connectivity index (χ2v) is 4.21. The van der Waals surface area contributed by atoms with E-state index in [9.17, 15) is 0 Å². The van der Waals surface area contributed by atoms with Gasteiger partial charge in [0.1, 0.15) is 0 Å². The molecule has 2 rings (SSSR count). The molecular weight excluding hydrogens is 256 g/mol. The number of ether oxygens (including phenoxy) is 1. The summed E-state index contributed by atoms with van der Waals surface area (Å²) in [6.07, 6.45) is 4.02. The van der Waals surface area contributed by atoms with E-state index in [1.807, 2.05) is 25.1 Å². The van der Waals surface area contributed by atoms with Crippen LogP contribution >= 0.6 is 0 Å². The third kappa shape index (κ3) is 3.23. The molecule has 0 radical (unpaired) electrons. The van der Waals surface area contributed by atoms with Gasteiger partial charge in [-0.15, -0.1) is 0 Å². The number of hydrogen-bond donors (Lipinski definition) is 2. The maximum Gasteiger partial charge on any atom is 0.224 e. The summed E-state index contributed by atoms with van der Waals surface area (Å²) in [5.41, 5.74) is 7.93. The zero-order valence-corrected chi connectivity index (χ0v) is 11.2. The van der Waals surface area contributed by atoms with Crippen LogP contribution in [0.3, 0.4) is 0 Å². The molecule has 0 spiro atoms. The maximum atomic E-state index is 8.81. The predicted molar refractivity (Wildman–Crippen MR) is 74.9 cm³/mol. The van der Waals surface area contributed by atoms with Gasteiger partial charge in [-0.25, -0.2) is 4.98 Å². The molecule has 6 nitrogen and oxygen atoms in total. The number of pyridine rings is 2. The Bertz CT molecular complexity index is 599. The van der Waals surface area contributed by atoms with Crippen molar-refractivity contribution in [3.63, 3.8) is 0 Å². The van der Waals surface area contributed by atoms with Gasteiger partial charge in [-0.1, -0.05) is 11.2 Å². The minimum Gasteiger partial charge on any atom is -0.477 e. The van der Waals surface area contributed by atoms with E-state index in [-0.39, 0.29) is 5.84 Å². The number of oxime groups is 1. The number of aryl methyl sites for hydroxylation is 1. The zero-order chi connectivity index (χ0) is 14.4. The SMILES string of the molecule is Cc1ccnc(OCCc2ccccn2)c1/C(N)=N/O. The average Bonchev–Trinajstić information content (AvgIpc) is 2.48. The van der Waals surface area contributed by atoms with Crippen molar-refractivity contribution in [2.45, 2.75) is 13.3 Å². The minimum absolute atomic E-state index is 0.0107. The lowest BCUT2D eigenvalue weighted by molar-refractivity contribution is 0.304. The zero-order valence-electron chi connectivity index (χ0n) is 11.2. The van der Waals surface area contributed by atoms with Gasteiger partial charge in [0.05, 0.1) is 12.2 Å². The smallest absolute Gasteiger partial charge is 0.224 e. The highest BCUT2D eigenvalue weighted by Gasteiger charge is 2.13. The van der Waals surface area contributed by atoms with Crippen LogP contribution in [0.15, 0.2) is 41.8 Å². The Balaban J connectivity index is 2.08. The number of nitrogens with zero attached hydrogens (tertiary/aromatic N) is 3. The molecule has 0 saturated carbocycles. The first-order valence-corrected chi connectivity index (χ1v) is 6.18. The van der Waals surface area contributed by atoms with E-state index in [1.165, 1.54) is 0 Å². The normalized spacial score (nSPS) is 11.3. The second kappa shape index (κ2) is 6.51. The first kappa shape index (κ1) is 13.8.